The zero-order chi connectivity index (χ0) is 23.2. The first-order valence-corrected chi connectivity index (χ1v) is 9.98. The summed E-state index contributed by atoms with van der Waals surface area (Å²) >= 11 is 0. The number of halogens is 4. The maximum atomic E-state index is 13.9. The second kappa shape index (κ2) is 7.91. The predicted molar refractivity (Wildman–Crippen MR) is 112 cm³/mol. The van der Waals surface area contributed by atoms with Crippen molar-refractivity contribution in [1.29, 1.82) is 0 Å². The Balaban J connectivity index is 1.89. The van der Waals surface area contributed by atoms with E-state index in [0.29, 0.717) is 16.8 Å². The van der Waals surface area contributed by atoms with Gasteiger partial charge in [0.15, 0.2) is 0 Å². The molecule has 8 heteroatoms. The van der Waals surface area contributed by atoms with Crippen molar-refractivity contribution in [3.8, 4) is 0 Å². The van der Waals surface area contributed by atoms with Gasteiger partial charge >= 0.3 is 6.18 Å². The molecule has 3 aromatic rings. The van der Waals surface area contributed by atoms with Crippen LogP contribution in [0.4, 0.5) is 17.6 Å². The van der Waals surface area contributed by atoms with Crippen molar-refractivity contribution in [3.63, 3.8) is 0 Å². The van der Waals surface area contributed by atoms with Gasteiger partial charge in [0.2, 0.25) is 5.72 Å². The average molecular weight is 437 g/mol. The molecule has 0 aliphatic carbocycles. The Hall–Kier alpha value is -2.45. The highest BCUT2D eigenvalue weighted by Crippen LogP contribution is 2.41. The zero-order valence-corrected chi connectivity index (χ0v) is 18.2. The summed E-state index contributed by atoms with van der Waals surface area (Å²) in [5.41, 5.74) is -0.417. The zero-order valence-electron chi connectivity index (χ0n) is 18.2. The smallest absolute Gasteiger partial charge is 0.368 e. The highest BCUT2D eigenvalue weighted by molar-refractivity contribution is 5.82. The molecule has 0 radical (unpaired) electrons. The van der Waals surface area contributed by atoms with E-state index in [2.05, 4.69) is 15.3 Å². The van der Waals surface area contributed by atoms with Crippen LogP contribution in [0.25, 0.3) is 10.9 Å². The molecule has 0 aliphatic heterocycles. The van der Waals surface area contributed by atoms with Crippen LogP contribution in [0.1, 0.15) is 48.5 Å². The summed E-state index contributed by atoms with van der Waals surface area (Å²) in [7, 11) is 0. The third kappa shape index (κ3) is 4.75. The lowest BCUT2D eigenvalue weighted by atomic mass is 9.75. The quantitative estimate of drug-likeness (QED) is 0.361. The Morgan fingerprint density at radius 2 is 1.74 bits per heavy atom. The molecule has 1 unspecified atom stereocenters. The maximum absolute atomic E-state index is 13.9. The molecule has 1 atom stereocenters. The second-order valence-corrected chi connectivity index (χ2v) is 8.84. The van der Waals surface area contributed by atoms with E-state index in [1.54, 1.807) is 26.8 Å². The first-order chi connectivity index (χ1) is 14.2. The number of hydrogen-bond donors (Lipinski definition) is 3. The summed E-state index contributed by atoms with van der Waals surface area (Å²) in [4.78, 5) is 7.44. The topological polar surface area (TPSA) is 60.9 Å². The third-order valence-corrected chi connectivity index (χ3v) is 5.66. The summed E-state index contributed by atoms with van der Waals surface area (Å²) in [6, 6.07) is 7.55. The second-order valence-electron chi connectivity index (χ2n) is 8.84. The number of nitrogens with zero attached hydrogens (tertiary/aromatic N) is 1. The molecule has 0 saturated heterocycles. The Morgan fingerprint density at radius 1 is 1.06 bits per heavy atom. The molecule has 0 spiro atoms. The largest absolute Gasteiger partial charge is 0.431 e. The van der Waals surface area contributed by atoms with Crippen LogP contribution in [0.3, 0.4) is 0 Å². The predicted octanol–water partition coefficient (Wildman–Crippen LogP) is 5.34. The van der Waals surface area contributed by atoms with Gasteiger partial charge in [0.25, 0.3) is 0 Å². The van der Waals surface area contributed by atoms with Gasteiger partial charge in [-0.3, -0.25) is 10.3 Å². The van der Waals surface area contributed by atoms with Gasteiger partial charge in [0.05, 0.1) is 0 Å². The molecule has 168 valence electrons. The Kier molecular flexibility index (Phi) is 5.92. The fraction of sp³-hybridized carbons (Fsp3) is 0.435. The van der Waals surface area contributed by atoms with Gasteiger partial charge in [-0.2, -0.15) is 13.2 Å². The number of fused-ring (bicyclic) bond motifs is 1. The Bertz CT molecular complexity index is 1100. The highest BCUT2D eigenvalue weighted by atomic mass is 19.4. The van der Waals surface area contributed by atoms with Crippen LogP contribution in [-0.2, 0) is 12.0 Å². The molecule has 1 aromatic carbocycles. The van der Waals surface area contributed by atoms with E-state index in [0.717, 1.165) is 22.3 Å². The summed E-state index contributed by atoms with van der Waals surface area (Å²) in [5, 5.41) is 13.8. The lowest BCUT2D eigenvalue weighted by molar-refractivity contribution is -0.280. The minimum Gasteiger partial charge on any atom is -0.368 e. The van der Waals surface area contributed by atoms with E-state index < -0.39 is 29.6 Å². The molecule has 0 bridgehead atoms. The van der Waals surface area contributed by atoms with E-state index in [9.17, 15) is 22.7 Å². The van der Waals surface area contributed by atoms with E-state index in [1.807, 2.05) is 19.9 Å². The van der Waals surface area contributed by atoms with Crippen molar-refractivity contribution in [2.24, 2.45) is 0 Å². The molecular weight excluding hydrogens is 410 g/mol. The molecule has 0 fully saturated rings. The van der Waals surface area contributed by atoms with Gasteiger partial charge in [-0.25, -0.2) is 4.39 Å². The summed E-state index contributed by atoms with van der Waals surface area (Å²) in [6.45, 7) is 8.27. The van der Waals surface area contributed by atoms with Gasteiger partial charge < -0.3 is 10.1 Å². The van der Waals surface area contributed by atoms with Crippen LogP contribution in [0.5, 0.6) is 0 Å². The first kappa shape index (κ1) is 23.2. The fourth-order valence-corrected chi connectivity index (χ4v) is 4.17. The van der Waals surface area contributed by atoms with Gasteiger partial charge in [0.1, 0.15) is 5.82 Å². The van der Waals surface area contributed by atoms with E-state index in [4.69, 9.17) is 0 Å². The lowest BCUT2D eigenvalue weighted by Gasteiger charge is -2.39. The van der Waals surface area contributed by atoms with Crippen molar-refractivity contribution in [3.05, 3.63) is 64.4 Å². The molecular formula is C23H27F4N3O. The van der Waals surface area contributed by atoms with Crippen molar-refractivity contribution in [1.82, 2.24) is 15.3 Å². The number of aliphatic hydroxyl groups is 1. The van der Waals surface area contributed by atoms with Crippen LogP contribution in [0.15, 0.2) is 30.3 Å². The number of aromatic amines is 1. The standard InChI is InChI=1S/C23H27F4N3O/c1-13-6-7-16(24)9-19(13)21(4,5)12-22(31,23(25,26)27)28-11-17-10-18-15(3)29-14(2)8-20(18)30-17/h6-10,28,30-31H,11-12H2,1-5H3. The number of rotatable bonds is 6. The van der Waals surface area contributed by atoms with Gasteiger partial charge in [0, 0.05) is 41.0 Å². The minimum absolute atomic E-state index is 0.235. The molecule has 0 saturated carbocycles. The number of aromatic nitrogens is 2. The Labute approximate surface area is 178 Å². The van der Waals surface area contributed by atoms with Crippen LogP contribution < -0.4 is 5.32 Å². The number of pyridine rings is 1. The van der Waals surface area contributed by atoms with Crippen LogP contribution >= 0.6 is 0 Å². The minimum atomic E-state index is -4.94. The average Bonchev–Trinajstić information content (AvgIpc) is 3.04. The number of H-pyrrole nitrogens is 1. The number of hydrogen-bond acceptors (Lipinski definition) is 3. The third-order valence-electron chi connectivity index (χ3n) is 5.66. The van der Waals surface area contributed by atoms with Crippen LogP contribution in [0, 0.1) is 26.6 Å². The van der Waals surface area contributed by atoms with E-state index in [-0.39, 0.29) is 6.54 Å². The molecule has 31 heavy (non-hydrogen) atoms. The van der Waals surface area contributed by atoms with Crippen molar-refractivity contribution < 1.29 is 22.7 Å². The molecule has 3 N–H and O–H groups in total. The summed E-state index contributed by atoms with van der Waals surface area (Å²) in [5.74, 6) is -0.533. The molecule has 0 aliphatic rings. The summed E-state index contributed by atoms with van der Waals surface area (Å²) in [6.07, 6.45) is -5.63. The SMILES string of the molecule is Cc1cc2[nH]c(CNC(O)(CC(C)(C)c3cc(F)ccc3C)C(F)(F)F)cc2c(C)n1. The van der Waals surface area contributed by atoms with Crippen molar-refractivity contribution in [2.75, 3.05) is 0 Å². The van der Waals surface area contributed by atoms with Crippen molar-refractivity contribution >= 4 is 10.9 Å². The molecule has 4 nitrogen and oxygen atoms in total. The Morgan fingerprint density at radius 3 is 2.39 bits per heavy atom. The molecule has 3 rings (SSSR count). The lowest BCUT2D eigenvalue weighted by Crippen LogP contribution is -2.59. The normalized spacial score (nSPS) is 14.8. The number of alkyl halides is 3. The highest BCUT2D eigenvalue weighted by Gasteiger charge is 2.56. The number of nitrogens with one attached hydrogen (secondary N) is 2. The number of benzene rings is 1. The fourth-order valence-electron chi connectivity index (χ4n) is 4.17. The van der Waals surface area contributed by atoms with Crippen LogP contribution in [-0.4, -0.2) is 27.0 Å². The summed E-state index contributed by atoms with van der Waals surface area (Å²) < 4.78 is 55.6. The maximum Gasteiger partial charge on any atom is 0.431 e. The van der Waals surface area contributed by atoms with Crippen LogP contribution in [0.2, 0.25) is 0 Å². The van der Waals surface area contributed by atoms with E-state index in [1.165, 1.54) is 18.2 Å². The van der Waals surface area contributed by atoms with Gasteiger partial charge in [-0.05, 0) is 61.6 Å². The van der Waals surface area contributed by atoms with E-state index >= 15 is 0 Å². The first-order valence-electron chi connectivity index (χ1n) is 9.98. The van der Waals surface area contributed by atoms with Gasteiger partial charge in [-0.1, -0.05) is 19.9 Å². The van der Waals surface area contributed by atoms with Crippen molar-refractivity contribution in [2.45, 2.75) is 64.9 Å². The molecule has 2 heterocycles. The molecule has 0 amide bonds. The van der Waals surface area contributed by atoms with Gasteiger partial charge in [-0.15, -0.1) is 0 Å². The monoisotopic (exact) mass is 437 g/mol. The molecule has 2 aromatic heterocycles. The number of aryl methyl sites for hydroxylation is 3.